The number of aromatic amines is 2. The molecule has 236 valence electrons. The van der Waals surface area contributed by atoms with Gasteiger partial charge in [-0.25, -0.2) is 4.98 Å². The number of carbonyl (C=O) groups excluding carboxylic acids is 2. The van der Waals surface area contributed by atoms with Crippen LogP contribution < -0.4 is 17.0 Å². The Bertz CT molecular complexity index is 1160. The van der Waals surface area contributed by atoms with Gasteiger partial charge >= 0.3 is 11.9 Å². The highest BCUT2D eigenvalue weighted by Gasteiger charge is 2.21. The van der Waals surface area contributed by atoms with Crippen molar-refractivity contribution in [1.82, 2.24) is 19.9 Å². The van der Waals surface area contributed by atoms with E-state index in [0.717, 1.165) is 32.1 Å². The molecule has 0 aliphatic carbocycles. The Morgan fingerprint density at radius 3 is 2.29 bits per heavy atom. The Labute approximate surface area is 249 Å². The summed E-state index contributed by atoms with van der Waals surface area (Å²) in [6, 6.07) is -0.698. The van der Waals surface area contributed by atoms with E-state index in [1.807, 2.05) is 13.8 Å². The van der Waals surface area contributed by atoms with Crippen molar-refractivity contribution >= 4 is 29.1 Å². The van der Waals surface area contributed by atoms with Crippen molar-refractivity contribution in [1.29, 1.82) is 0 Å². The number of anilines is 1. The number of ether oxygens (including phenoxy) is 2. The second-order valence-electron chi connectivity index (χ2n) is 11.4. The summed E-state index contributed by atoms with van der Waals surface area (Å²) >= 11 is 0. The van der Waals surface area contributed by atoms with Crippen molar-refractivity contribution in [3.05, 3.63) is 28.3 Å². The van der Waals surface area contributed by atoms with Gasteiger partial charge in [-0.15, -0.1) is 0 Å². The number of hydrogen-bond acceptors (Lipinski definition) is 9. The van der Waals surface area contributed by atoms with Crippen LogP contribution in [0, 0.1) is 11.8 Å². The van der Waals surface area contributed by atoms with Crippen LogP contribution in [0.4, 0.5) is 5.95 Å². The molecule has 11 heteroatoms. The summed E-state index contributed by atoms with van der Waals surface area (Å²) < 4.78 is 10.9. The van der Waals surface area contributed by atoms with Crippen LogP contribution in [0.25, 0.3) is 11.2 Å². The number of unbranched alkanes of at least 4 members (excludes halogenated alkanes) is 9. The molecule has 11 nitrogen and oxygen atoms in total. The van der Waals surface area contributed by atoms with Gasteiger partial charge in [0.05, 0.1) is 13.2 Å². The topological polar surface area (TPSA) is 179 Å². The molecule has 0 bridgehead atoms. The number of nitrogens with one attached hydrogen (secondary N) is 2. The highest BCUT2D eigenvalue weighted by atomic mass is 16.5. The van der Waals surface area contributed by atoms with Crippen molar-refractivity contribution in [2.75, 3.05) is 18.9 Å². The zero-order valence-corrected chi connectivity index (χ0v) is 25.8. The number of allylic oxidation sites excluding steroid dienone is 2. The van der Waals surface area contributed by atoms with Gasteiger partial charge in [0.25, 0.3) is 5.56 Å². The molecule has 0 saturated carbocycles. The number of nitrogens with two attached hydrogens (primary N) is 2. The van der Waals surface area contributed by atoms with Crippen LogP contribution >= 0.6 is 0 Å². The van der Waals surface area contributed by atoms with Crippen LogP contribution in [0.15, 0.2) is 16.9 Å². The standard InChI is InChI=1S/C31H52N6O5/c1-4-5-6-7-8-9-10-11-12-13-14-15-16-17-25(38)42-21-23(18-19-41-30(40)26(32)22(2)3)20-24-34-27-28(35-24)36-31(33)37-29(27)39/h9-10,22-23,26H,4-8,11-21,32H2,1-3H3,(H4,33,34,35,36,37,39)/t23?,26-/m0/s1. The van der Waals surface area contributed by atoms with E-state index in [1.165, 1.54) is 38.5 Å². The van der Waals surface area contributed by atoms with Crippen LogP contribution in [0.2, 0.25) is 0 Å². The van der Waals surface area contributed by atoms with Gasteiger partial charge in [-0.05, 0) is 44.4 Å². The van der Waals surface area contributed by atoms with Crippen molar-refractivity contribution < 1.29 is 19.1 Å². The van der Waals surface area contributed by atoms with Gasteiger partial charge in [-0.3, -0.25) is 19.4 Å². The number of rotatable bonds is 22. The van der Waals surface area contributed by atoms with Crippen molar-refractivity contribution in [3.8, 4) is 0 Å². The minimum Gasteiger partial charge on any atom is -0.465 e. The molecule has 2 aromatic heterocycles. The first-order valence-electron chi connectivity index (χ1n) is 15.7. The molecule has 42 heavy (non-hydrogen) atoms. The first-order valence-corrected chi connectivity index (χ1v) is 15.7. The first kappa shape index (κ1) is 35.0. The summed E-state index contributed by atoms with van der Waals surface area (Å²) in [5, 5.41) is 0. The molecule has 0 fully saturated rings. The summed E-state index contributed by atoms with van der Waals surface area (Å²) in [6.07, 6.45) is 18.5. The molecule has 2 aromatic rings. The summed E-state index contributed by atoms with van der Waals surface area (Å²) in [7, 11) is 0. The van der Waals surface area contributed by atoms with Gasteiger partial charge in [-0.1, -0.05) is 71.4 Å². The Morgan fingerprint density at radius 1 is 0.929 bits per heavy atom. The Kier molecular flexibility index (Phi) is 16.5. The maximum Gasteiger partial charge on any atom is 0.323 e. The lowest BCUT2D eigenvalue weighted by Crippen LogP contribution is -2.37. The number of nitrogens with zero attached hydrogens (tertiary/aromatic N) is 2. The highest BCUT2D eigenvalue weighted by molar-refractivity contribution is 5.75. The second-order valence-corrected chi connectivity index (χ2v) is 11.4. The Hall–Kier alpha value is -3.21. The fourth-order valence-electron chi connectivity index (χ4n) is 4.55. The van der Waals surface area contributed by atoms with E-state index in [9.17, 15) is 14.4 Å². The molecule has 2 rings (SSSR count). The number of carbonyl (C=O) groups is 2. The third kappa shape index (κ3) is 13.6. The zero-order chi connectivity index (χ0) is 30.7. The van der Waals surface area contributed by atoms with Crippen molar-refractivity contribution in [3.63, 3.8) is 0 Å². The van der Waals surface area contributed by atoms with E-state index >= 15 is 0 Å². The molecule has 0 spiro atoms. The molecule has 2 atom stereocenters. The van der Waals surface area contributed by atoms with Gasteiger partial charge in [0.15, 0.2) is 11.2 Å². The molecule has 0 radical (unpaired) electrons. The zero-order valence-electron chi connectivity index (χ0n) is 25.8. The van der Waals surface area contributed by atoms with Crippen LogP contribution in [0.1, 0.15) is 110 Å². The maximum atomic E-state index is 12.4. The normalized spacial score (nSPS) is 13.2. The Morgan fingerprint density at radius 2 is 1.60 bits per heavy atom. The molecule has 2 heterocycles. The molecule has 1 unspecified atom stereocenters. The van der Waals surface area contributed by atoms with Gasteiger partial charge in [0.2, 0.25) is 5.95 Å². The lowest BCUT2D eigenvalue weighted by Gasteiger charge is -2.18. The highest BCUT2D eigenvalue weighted by Crippen LogP contribution is 2.16. The average Bonchev–Trinajstić information content (AvgIpc) is 3.36. The predicted molar refractivity (Wildman–Crippen MR) is 166 cm³/mol. The van der Waals surface area contributed by atoms with Crippen LogP contribution in [-0.2, 0) is 25.5 Å². The van der Waals surface area contributed by atoms with E-state index in [1.54, 1.807) is 0 Å². The average molecular weight is 589 g/mol. The minimum absolute atomic E-state index is 0.0190. The lowest BCUT2D eigenvalue weighted by molar-refractivity contribution is -0.149. The number of fused-ring (bicyclic) bond motifs is 1. The van der Waals surface area contributed by atoms with Gasteiger partial charge < -0.3 is 25.9 Å². The van der Waals surface area contributed by atoms with Crippen molar-refractivity contribution in [2.24, 2.45) is 17.6 Å². The fourth-order valence-corrected chi connectivity index (χ4v) is 4.55. The third-order valence-electron chi connectivity index (χ3n) is 7.29. The van der Waals surface area contributed by atoms with Crippen LogP contribution in [0.3, 0.4) is 0 Å². The lowest BCUT2D eigenvalue weighted by atomic mass is 10.0. The molecule has 6 N–H and O–H groups in total. The van der Waals surface area contributed by atoms with E-state index in [0.29, 0.717) is 25.1 Å². The minimum atomic E-state index is -0.698. The summed E-state index contributed by atoms with van der Waals surface area (Å²) in [4.78, 5) is 50.6. The predicted octanol–water partition coefficient (Wildman–Crippen LogP) is 5.10. The summed E-state index contributed by atoms with van der Waals surface area (Å²) in [5.41, 5.74) is 11.5. The molecule has 0 aliphatic heterocycles. The Balaban J connectivity index is 1.75. The van der Waals surface area contributed by atoms with E-state index in [4.69, 9.17) is 20.9 Å². The van der Waals surface area contributed by atoms with Gasteiger partial charge in [0, 0.05) is 18.8 Å². The fraction of sp³-hybridized carbons (Fsp3) is 0.710. The smallest absolute Gasteiger partial charge is 0.323 e. The molecular formula is C31H52N6O5. The molecule has 0 amide bonds. The quantitative estimate of drug-likeness (QED) is 0.0826. The number of nitrogen functional groups attached to an aromatic ring is 1. The third-order valence-corrected chi connectivity index (χ3v) is 7.29. The van der Waals surface area contributed by atoms with E-state index < -0.39 is 17.6 Å². The number of esters is 2. The van der Waals surface area contributed by atoms with Gasteiger partial charge in [-0.2, -0.15) is 4.98 Å². The summed E-state index contributed by atoms with van der Waals surface area (Å²) in [5.74, 6) is -0.464. The molecule has 0 saturated heterocycles. The molecule has 0 aliphatic rings. The number of imidazole rings is 1. The first-order chi connectivity index (χ1) is 20.2. The largest absolute Gasteiger partial charge is 0.465 e. The second kappa shape index (κ2) is 19.8. The monoisotopic (exact) mass is 588 g/mol. The number of hydrogen-bond donors (Lipinski definition) is 4. The summed E-state index contributed by atoms with van der Waals surface area (Å²) in [6.45, 7) is 6.21. The van der Waals surface area contributed by atoms with E-state index in [-0.39, 0.29) is 48.1 Å². The van der Waals surface area contributed by atoms with E-state index in [2.05, 4.69) is 39.0 Å². The molecule has 0 aromatic carbocycles. The van der Waals surface area contributed by atoms with Crippen LogP contribution in [0.5, 0.6) is 0 Å². The SMILES string of the molecule is CCCCCCC=CCCCCCCCC(=O)OCC(CCOC(=O)[C@@H](N)C(C)C)Cc1nc2nc(N)[nH]c(=O)c2[nH]1. The maximum absolute atomic E-state index is 12.4. The number of H-pyrrole nitrogens is 2. The van der Waals surface area contributed by atoms with Crippen molar-refractivity contribution in [2.45, 2.75) is 117 Å². The van der Waals surface area contributed by atoms with Gasteiger partial charge in [0.1, 0.15) is 11.9 Å². The van der Waals surface area contributed by atoms with Crippen LogP contribution in [-0.4, -0.2) is 51.1 Å². The number of aromatic nitrogens is 4. The molecular weight excluding hydrogens is 536 g/mol.